The minimum absolute atomic E-state index is 0.287. The molecule has 0 saturated heterocycles. The molecule has 0 fully saturated rings. The van der Waals surface area contributed by atoms with Crippen LogP contribution in [0.25, 0.3) is 0 Å². The predicted octanol–water partition coefficient (Wildman–Crippen LogP) is 2.63. The fourth-order valence-corrected chi connectivity index (χ4v) is 2.12. The fourth-order valence-electron chi connectivity index (χ4n) is 2.12. The third-order valence-electron chi connectivity index (χ3n) is 3.28. The molecule has 0 aliphatic rings. The molecule has 0 aliphatic heterocycles. The van der Waals surface area contributed by atoms with Crippen molar-refractivity contribution in [3.05, 3.63) is 34.4 Å². The van der Waals surface area contributed by atoms with Gasteiger partial charge in [0, 0.05) is 12.0 Å². The summed E-state index contributed by atoms with van der Waals surface area (Å²) in [5, 5.41) is 10.4. The molecular weight excluding hydrogens is 198 g/mol. The van der Waals surface area contributed by atoms with Crippen molar-refractivity contribution < 1.29 is 5.11 Å². The maximum absolute atomic E-state index is 10.4. The molecule has 0 radical (unpaired) electrons. The maximum atomic E-state index is 10.4. The molecule has 0 aromatic heterocycles. The molecule has 0 bridgehead atoms. The van der Waals surface area contributed by atoms with Crippen molar-refractivity contribution in [2.75, 3.05) is 6.54 Å². The molecule has 0 heterocycles. The number of aliphatic hydroxyl groups excluding tert-OH is 1. The number of aliphatic hydroxyl groups is 1. The van der Waals surface area contributed by atoms with E-state index in [9.17, 15) is 5.11 Å². The third kappa shape index (κ3) is 2.45. The Bertz CT molecular complexity index is 359. The summed E-state index contributed by atoms with van der Waals surface area (Å²) in [6.45, 7) is 10.6. The zero-order chi connectivity index (χ0) is 12.5. The normalized spacial score (nSPS) is 13.9. The fraction of sp³-hybridized carbons (Fsp3) is 0.571. The van der Waals surface area contributed by atoms with Crippen molar-refractivity contribution in [2.24, 2.45) is 11.1 Å². The van der Waals surface area contributed by atoms with E-state index in [4.69, 9.17) is 5.73 Å². The van der Waals surface area contributed by atoms with Gasteiger partial charge in [0.15, 0.2) is 0 Å². The van der Waals surface area contributed by atoms with Gasteiger partial charge in [-0.25, -0.2) is 0 Å². The van der Waals surface area contributed by atoms with E-state index in [0.29, 0.717) is 6.54 Å². The molecule has 2 heteroatoms. The van der Waals surface area contributed by atoms with Crippen LogP contribution >= 0.6 is 0 Å². The molecule has 16 heavy (non-hydrogen) atoms. The SMILES string of the molecule is Cc1cc(C)c(C(O)C(C)(C)CN)c(C)c1. The van der Waals surface area contributed by atoms with Crippen LogP contribution in [-0.2, 0) is 0 Å². The van der Waals surface area contributed by atoms with E-state index in [-0.39, 0.29) is 5.41 Å². The van der Waals surface area contributed by atoms with Gasteiger partial charge in [-0.15, -0.1) is 0 Å². The van der Waals surface area contributed by atoms with Crippen LogP contribution in [0.4, 0.5) is 0 Å². The summed E-state index contributed by atoms with van der Waals surface area (Å²) in [5.41, 5.74) is 9.98. The zero-order valence-corrected chi connectivity index (χ0v) is 11.0. The molecule has 0 saturated carbocycles. The van der Waals surface area contributed by atoms with Gasteiger partial charge in [-0.05, 0) is 37.5 Å². The van der Waals surface area contributed by atoms with Gasteiger partial charge in [0.2, 0.25) is 0 Å². The minimum Gasteiger partial charge on any atom is -0.388 e. The monoisotopic (exact) mass is 221 g/mol. The Morgan fingerprint density at radius 2 is 1.62 bits per heavy atom. The van der Waals surface area contributed by atoms with E-state index in [1.807, 2.05) is 27.7 Å². The Hall–Kier alpha value is -0.860. The smallest absolute Gasteiger partial charge is 0.0858 e. The molecule has 3 N–H and O–H groups in total. The molecule has 1 aromatic rings. The van der Waals surface area contributed by atoms with Crippen molar-refractivity contribution in [2.45, 2.75) is 40.7 Å². The topological polar surface area (TPSA) is 46.2 Å². The Kier molecular flexibility index (Phi) is 3.76. The number of hydrogen-bond acceptors (Lipinski definition) is 2. The summed E-state index contributed by atoms with van der Waals surface area (Å²) in [5.74, 6) is 0. The van der Waals surface area contributed by atoms with Crippen LogP contribution in [0.15, 0.2) is 12.1 Å². The first-order valence-electron chi connectivity index (χ1n) is 5.75. The molecule has 0 amide bonds. The van der Waals surface area contributed by atoms with Gasteiger partial charge < -0.3 is 10.8 Å². The lowest BCUT2D eigenvalue weighted by molar-refractivity contribution is 0.0544. The quantitative estimate of drug-likeness (QED) is 0.824. The molecule has 2 nitrogen and oxygen atoms in total. The molecule has 0 spiro atoms. The number of benzene rings is 1. The van der Waals surface area contributed by atoms with Crippen molar-refractivity contribution in [3.63, 3.8) is 0 Å². The van der Waals surface area contributed by atoms with Gasteiger partial charge in [0.1, 0.15) is 0 Å². The van der Waals surface area contributed by atoms with Crippen LogP contribution in [0.5, 0.6) is 0 Å². The van der Waals surface area contributed by atoms with E-state index in [2.05, 4.69) is 19.1 Å². The zero-order valence-electron chi connectivity index (χ0n) is 11.0. The molecule has 1 rings (SSSR count). The van der Waals surface area contributed by atoms with E-state index in [1.54, 1.807) is 0 Å². The first kappa shape index (κ1) is 13.2. The highest BCUT2D eigenvalue weighted by Crippen LogP contribution is 2.35. The predicted molar refractivity (Wildman–Crippen MR) is 68.4 cm³/mol. The summed E-state index contributed by atoms with van der Waals surface area (Å²) in [7, 11) is 0. The highest BCUT2D eigenvalue weighted by Gasteiger charge is 2.29. The van der Waals surface area contributed by atoms with Gasteiger partial charge in [-0.1, -0.05) is 31.5 Å². The number of nitrogens with two attached hydrogens (primary N) is 1. The maximum Gasteiger partial charge on any atom is 0.0858 e. The summed E-state index contributed by atoms with van der Waals surface area (Å²) in [6.07, 6.45) is -0.502. The number of rotatable bonds is 3. The standard InChI is InChI=1S/C14H23NO/c1-9-6-10(2)12(11(3)7-9)13(16)14(4,5)8-15/h6-7,13,16H,8,15H2,1-5H3. The highest BCUT2D eigenvalue weighted by molar-refractivity contribution is 5.39. The van der Waals surface area contributed by atoms with Gasteiger partial charge >= 0.3 is 0 Å². The largest absolute Gasteiger partial charge is 0.388 e. The van der Waals surface area contributed by atoms with Crippen LogP contribution in [0.1, 0.15) is 42.2 Å². The van der Waals surface area contributed by atoms with Crippen LogP contribution in [0.2, 0.25) is 0 Å². The summed E-state index contributed by atoms with van der Waals surface area (Å²) in [6, 6.07) is 4.22. The lowest BCUT2D eigenvalue weighted by Gasteiger charge is -2.31. The highest BCUT2D eigenvalue weighted by atomic mass is 16.3. The Morgan fingerprint density at radius 3 is 2.00 bits per heavy atom. The first-order valence-corrected chi connectivity index (χ1v) is 5.75. The van der Waals surface area contributed by atoms with Crippen LogP contribution in [-0.4, -0.2) is 11.7 Å². The van der Waals surface area contributed by atoms with E-state index >= 15 is 0 Å². The Morgan fingerprint density at radius 1 is 1.19 bits per heavy atom. The Balaban J connectivity index is 3.24. The van der Waals surface area contributed by atoms with Gasteiger partial charge in [0.25, 0.3) is 0 Å². The molecule has 90 valence electrons. The van der Waals surface area contributed by atoms with Crippen LogP contribution in [0.3, 0.4) is 0 Å². The Labute approximate surface area is 98.5 Å². The van der Waals surface area contributed by atoms with E-state index in [1.165, 1.54) is 5.56 Å². The molecule has 1 unspecified atom stereocenters. The molecular formula is C14H23NO. The van der Waals surface area contributed by atoms with Crippen molar-refractivity contribution in [1.82, 2.24) is 0 Å². The van der Waals surface area contributed by atoms with Gasteiger partial charge in [-0.2, -0.15) is 0 Å². The third-order valence-corrected chi connectivity index (χ3v) is 3.28. The van der Waals surface area contributed by atoms with Crippen molar-refractivity contribution in [3.8, 4) is 0 Å². The average molecular weight is 221 g/mol. The van der Waals surface area contributed by atoms with Gasteiger partial charge in [0.05, 0.1) is 6.10 Å². The second-order valence-corrected chi connectivity index (χ2v) is 5.41. The van der Waals surface area contributed by atoms with E-state index in [0.717, 1.165) is 16.7 Å². The second-order valence-electron chi connectivity index (χ2n) is 5.41. The first-order chi connectivity index (χ1) is 7.29. The van der Waals surface area contributed by atoms with Crippen molar-refractivity contribution in [1.29, 1.82) is 0 Å². The number of hydrogen-bond donors (Lipinski definition) is 2. The lowest BCUT2D eigenvalue weighted by Crippen LogP contribution is -2.31. The van der Waals surface area contributed by atoms with Crippen LogP contribution < -0.4 is 5.73 Å². The molecule has 1 atom stereocenters. The minimum atomic E-state index is -0.502. The number of aryl methyl sites for hydroxylation is 3. The second kappa shape index (κ2) is 4.56. The molecule has 1 aromatic carbocycles. The molecule has 0 aliphatic carbocycles. The average Bonchev–Trinajstić information content (AvgIpc) is 2.15. The summed E-state index contributed by atoms with van der Waals surface area (Å²) >= 11 is 0. The van der Waals surface area contributed by atoms with Crippen molar-refractivity contribution >= 4 is 0 Å². The van der Waals surface area contributed by atoms with Crippen LogP contribution in [0, 0.1) is 26.2 Å². The van der Waals surface area contributed by atoms with Gasteiger partial charge in [-0.3, -0.25) is 0 Å². The summed E-state index contributed by atoms with van der Waals surface area (Å²) < 4.78 is 0. The summed E-state index contributed by atoms with van der Waals surface area (Å²) in [4.78, 5) is 0. The lowest BCUT2D eigenvalue weighted by atomic mass is 9.79. The van der Waals surface area contributed by atoms with E-state index < -0.39 is 6.10 Å².